The number of rotatable bonds is 5. The Labute approximate surface area is 162 Å². The minimum absolute atomic E-state index is 0. The van der Waals surface area contributed by atoms with E-state index in [1.807, 2.05) is 18.2 Å². The van der Waals surface area contributed by atoms with Crippen molar-refractivity contribution in [1.82, 2.24) is 4.98 Å². The molecule has 0 aliphatic carbocycles. The predicted molar refractivity (Wildman–Crippen MR) is 104 cm³/mol. The van der Waals surface area contributed by atoms with Crippen molar-refractivity contribution in [1.29, 1.82) is 0 Å². The molecule has 1 aliphatic rings. The number of aromatic nitrogens is 1. The Hall–Kier alpha value is -1.02. The molecule has 1 saturated heterocycles. The second-order valence-electron chi connectivity index (χ2n) is 5.45. The molecule has 3 N–H and O–H groups in total. The molecule has 0 amide bonds. The van der Waals surface area contributed by atoms with E-state index < -0.39 is 0 Å². The Kier molecular flexibility index (Phi) is 7.81. The molecule has 5 nitrogen and oxygen atoms in total. The van der Waals surface area contributed by atoms with Crippen LogP contribution in [0.25, 0.3) is 0 Å². The molecule has 0 spiro atoms. The number of benzene rings is 1. The van der Waals surface area contributed by atoms with Crippen LogP contribution in [0.5, 0.6) is 0 Å². The van der Waals surface area contributed by atoms with Crippen LogP contribution in [0.15, 0.2) is 40.4 Å². The van der Waals surface area contributed by atoms with E-state index in [0.29, 0.717) is 11.6 Å². The van der Waals surface area contributed by atoms with Crippen molar-refractivity contribution in [3.8, 4) is 0 Å². The van der Waals surface area contributed by atoms with Crippen LogP contribution in [0.4, 0.5) is 5.69 Å². The minimum atomic E-state index is -0.0579. The summed E-state index contributed by atoms with van der Waals surface area (Å²) in [5, 5.41) is 10.9. The topological polar surface area (TPSA) is 71.6 Å². The number of hydrogen-bond donors (Lipinski definition) is 2. The number of nitrogens with zero attached hydrogens (tertiary/aromatic N) is 2. The molecule has 2 heterocycles. The van der Waals surface area contributed by atoms with Gasteiger partial charge in [0.25, 0.3) is 0 Å². The van der Waals surface area contributed by atoms with E-state index >= 15 is 0 Å². The predicted octanol–water partition coefficient (Wildman–Crippen LogP) is 3.10. The van der Waals surface area contributed by atoms with Crippen LogP contribution >= 0.6 is 35.8 Å². The number of aliphatic hydroxyl groups excluding tert-OH is 1. The fourth-order valence-corrected chi connectivity index (χ4v) is 3.99. The third kappa shape index (κ3) is 4.78. The van der Waals surface area contributed by atoms with E-state index in [1.54, 1.807) is 6.20 Å². The zero-order chi connectivity index (χ0) is 16.9. The Morgan fingerprint density at radius 2 is 2.04 bits per heavy atom. The lowest BCUT2D eigenvalue weighted by molar-refractivity contribution is 0.122. The maximum absolute atomic E-state index is 9.48. The highest BCUT2D eigenvalue weighted by Gasteiger charge is 2.17. The lowest BCUT2D eigenvalue weighted by atomic mass is 10.1. The maximum atomic E-state index is 9.48. The number of hydrogen-bond acceptors (Lipinski definition) is 6. The molecule has 1 fully saturated rings. The molecule has 0 radical (unpaired) electrons. The monoisotopic (exact) mass is 401 g/mol. The number of pyridine rings is 1. The fraction of sp³-hybridized carbons (Fsp3) is 0.353. The van der Waals surface area contributed by atoms with Crippen LogP contribution in [-0.4, -0.2) is 36.4 Å². The van der Waals surface area contributed by atoms with Gasteiger partial charge in [0.2, 0.25) is 0 Å². The third-order valence-electron chi connectivity index (χ3n) is 3.92. The molecule has 2 aromatic rings. The van der Waals surface area contributed by atoms with Crippen molar-refractivity contribution < 1.29 is 9.84 Å². The van der Waals surface area contributed by atoms with E-state index in [4.69, 9.17) is 22.1 Å². The highest BCUT2D eigenvalue weighted by Crippen LogP contribution is 2.39. The lowest BCUT2D eigenvalue weighted by Gasteiger charge is -2.29. The molecule has 136 valence electrons. The van der Waals surface area contributed by atoms with Gasteiger partial charge in [0.05, 0.1) is 24.8 Å². The van der Waals surface area contributed by atoms with E-state index in [1.165, 1.54) is 11.8 Å². The van der Waals surface area contributed by atoms with Crippen molar-refractivity contribution in [2.24, 2.45) is 5.73 Å². The Balaban J connectivity index is 0.00000225. The van der Waals surface area contributed by atoms with E-state index in [-0.39, 0.29) is 19.0 Å². The highest BCUT2D eigenvalue weighted by molar-refractivity contribution is 7.99. The van der Waals surface area contributed by atoms with E-state index in [9.17, 15) is 5.11 Å². The molecule has 0 saturated carbocycles. The summed E-state index contributed by atoms with van der Waals surface area (Å²) in [6, 6.07) is 7.72. The normalized spacial score (nSPS) is 14.3. The van der Waals surface area contributed by atoms with E-state index in [0.717, 1.165) is 53.0 Å². The van der Waals surface area contributed by atoms with Gasteiger partial charge in [-0.3, -0.25) is 0 Å². The first kappa shape index (κ1) is 20.3. The van der Waals surface area contributed by atoms with Gasteiger partial charge in [-0.1, -0.05) is 29.4 Å². The molecular formula is C17H21Cl2N3O2S. The summed E-state index contributed by atoms with van der Waals surface area (Å²) in [6.45, 7) is 3.47. The first-order chi connectivity index (χ1) is 11.7. The second-order valence-corrected chi connectivity index (χ2v) is 6.85. The highest BCUT2D eigenvalue weighted by atomic mass is 35.5. The molecule has 0 unspecified atom stereocenters. The van der Waals surface area contributed by atoms with Gasteiger partial charge in [0.15, 0.2) is 0 Å². The summed E-state index contributed by atoms with van der Waals surface area (Å²) in [5.41, 5.74) is 8.78. The number of ether oxygens (including phenoxy) is 1. The Bertz CT molecular complexity index is 712. The van der Waals surface area contributed by atoms with Crippen LogP contribution in [0.3, 0.4) is 0 Å². The van der Waals surface area contributed by atoms with Gasteiger partial charge in [0, 0.05) is 42.0 Å². The first-order valence-corrected chi connectivity index (χ1v) is 9.00. The number of aliphatic hydroxyl groups is 1. The van der Waals surface area contributed by atoms with Crippen LogP contribution in [0.2, 0.25) is 5.02 Å². The number of anilines is 1. The molecule has 1 aromatic carbocycles. The van der Waals surface area contributed by atoms with Gasteiger partial charge >= 0.3 is 0 Å². The quantitative estimate of drug-likeness (QED) is 0.801. The van der Waals surface area contributed by atoms with Gasteiger partial charge in [-0.25, -0.2) is 4.98 Å². The number of halogens is 2. The van der Waals surface area contributed by atoms with Crippen molar-refractivity contribution in [3.05, 3.63) is 46.6 Å². The summed E-state index contributed by atoms with van der Waals surface area (Å²) in [4.78, 5) is 7.50. The molecule has 0 bridgehead atoms. The summed E-state index contributed by atoms with van der Waals surface area (Å²) in [7, 11) is 0. The molecule has 8 heteroatoms. The molecule has 25 heavy (non-hydrogen) atoms. The van der Waals surface area contributed by atoms with E-state index in [2.05, 4.69) is 16.0 Å². The van der Waals surface area contributed by atoms with Crippen LogP contribution in [0, 0.1) is 0 Å². The van der Waals surface area contributed by atoms with Crippen LogP contribution < -0.4 is 10.6 Å². The standard InChI is InChI=1S/C17H20ClN3O2S.ClH/c18-15-9-14(21-4-6-23-7-5-21)8-13(10-19)16(15)24-17-12(11-22)2-1-3-20-17;/h1-3,8-9,22H,4-7,10-11,19H2;1H. The minimum Gasteiger partial charge on any atom is -0.392 e. The zero-order valence-corrected chi connectivity index (χ0v) is 16.0. The smallest absolute Gasteiger partial charge is 0.106 e. The molecule has 3 rings (SSSR count). The van der Waals surface area contributed by atoms with Crippen molar-refractivity contribution in [3.63, 3.8) is 0 Å². The molecule has 1 aliphatic heterocycles. The Morgan fingerprint density at radius 3 is 2.72 bits per heavy atom. The summed E-state index contributed by atoms with van der Waals surface area (Å²) >= 11 is 8.00. The van der Waals surface area contributed by atoms with Gasteiger partial charge in [-0.05, 0) is 23.8 Å². The fourth-order valence-electron chi connectivity index (χ4n) is 2.64. The SMILES string of the molecule is Cl.NCc1cc(N2CCOCC2)cc(Cl)c1Sc1ncccc1CO. The lowest BCUT2D eigenvalue weighted by Crippen LogP contribution is -2.36. The third-order valence-corrected chi connectivity index (χ3v) is 5.58. The summed E-state index contributed by atoms with van der Waals surface area (Å²) in [6.07, 6.45) is 1.71. The van der Waals surface area contributed by atoms with Gasteiger partial charge in [0.1, 0.15) is 5.03 Å². The van der Waals surface area contributed by atoms with Gasteiger partial charge < -0.3 is 20.5 Å². The maximum Gasteiger partial charge on any atom is 0.106 e. The second kappa shape index (κ2) is 9.62. The summed E-state index contributed by atoms with van der Waals surface area (Å²) in [5.74, 6) is 0. The average molecular weight is 402 g/mol. The molecule has 0 atom stereocenters. The first-order valence-electron chi connectivity index (χ1n) is 7.80. The van der Waals surface area contributed by atoms with Crippen molar-refractivity contribution in [2.75, 3.05) is 31.2 Å². The molecular weight excluding hydrogens is 381 g/mol. The van der Waals surface area contributed by atoms with Crippen molar-refractivity contribution >= 4 is 41.5 Å². The summed E-state index contributed by atoms with van der Waals surface area (Å²) < 4.78 is 5.40. The Morgan fingerprint density at radius 1 is 1.28 bits per heavy atom. The average Bonchev–Trinajstić information content (AvgIpc) is 2.64. The van der Waals surface area contributed by atoms with Crippen LogP contribution in [-0.2, 0) is 17.9 Å². The van der Waals surface area contributed by atoms with Gasteiger partial charge in [-0.15, -0.1) is 12.4 Å². The largest absolute Gasteiger partial charge is 0.392 e. The van der Waals surface area contributed by atoms with Crippen molar-refractivity contribution in [2.45, 2.75) is 23.1 Å². The number of nitrogens with two attached hydrogens (primary N) is 1. The van der Waals surface area contributed by atoms with Crippen LogP contribution in [0.1, 0.15) is 11.1 Å². The zero-order valence-electron chi connectivity index (χ0n) is 13.7. The number of morpholine rings is 1. The van der Waals surface area contributed by atoms with Gasteiger partial charge in [-0.2, -0.15) is 0 Å². The molecule has 1 aromatic heterocycles.